The molecule has 3 aromatic carbocycles. The molecule has 0 saturated heterocycles. The number of hydrogen-bond acceptors (Lipinski definition) is 4. The Morgan fingerprint density at radius 1 is 0.868 bits per heavy atom. The van der Waals surface area contributed by atoms with Crippen molar-refractivity contribution in [3.63, 3.8) is 0 Å². The Morgan fingerprint density at radius 2 is 1.47 bits per heavy atom. The monoisotopic (exact) mass is 516 g/mol. The molecule has 3 aromatic rings. The molecule has 0 aromatic heterocycles. The number of hydrogen-bond donors (Lipinski definition) is 2. The highest BCUT2D eigenvalue weighted by Crippen LogP contribution is 2.20. The molecule has 0 heterocycles. The van der Waals surface area contributed by atoms with E-state index >= 15 is 0 Å². The summed E-state index contributed by atoms with van der Waals surface area (Å²) in [5.74, 6) is -1.57. The van der Waals surface area contributed by atoms with Gasteiger partial charge in [0.15, 0.2) is 0 Å². The zero-order valence-electron chi connectivity index (χ0n) is 22.0. The second-order valence-corrected chi connectivity index (χ2v) is 9.34. The number of nitrogens with one attached hydrogen (secondary N) is 1. The number of rotatable bonds is 13. The normalized spacial score (nSPS) is 12.3. The van der Waals surface area contributed by atoms with Crippen LogP contribution < -0.4 is 10.1 Å². The lowest BCUT2D eigenvalue weighted by molar-refractivity contribution is -0.143. The Balaban J connectivity index is 1.73. The predicted octanol–water partition coefficient (Wildman–Crippen LogP) is 5.65. The van der Waals surface area contributed by atoms with Crippen molar-refractivity contribution in [3.8, 4) is 5.75 Å². The maximum absolute atomic E-state index is 13.7. The summed E-state index contributed by atoms with van der Waals surface area (Å²) >= 11 is 0. The molecule has 0 aliphatic carbocycles. The summed E-state index contributed by atoms with van der Waals surface area (Å²) in [5.41, 5.74) is 2.98. The van der Waals surface area contributed by atoms with Crippen LogP contribution in [0.2, 0.25) is 0 Å². The number of benzene rings is 3. The molecule has 3 rings (SSSR count). The van der Waals surface area contributed by atoms with E-state index in [4.69, 9.17) is 4.74 Å². The molecular formula is C31H36N2O5. The average molecular weight is 517 g/mol. The van der Waals surface area contributed by atoms with Gasteiger partial charge in [-0.1, -0.05) is 72.8 Å². The smallest absolute Gasteiger partial charge is 0.324 e. The lowest BCUT2D eigenvalue weighted by Gasteiger charge is -2.27. The summed E-state index contributed by atoms with van der Waals surface area (Å²) in [5, 5.41) is 12.5. The number of urea groups is 1. The fourth-order valence-corrected chi connectivity index (χ4v) is 4.37. The van der Waals surface area contributed by atoms with Crippen molar-refractivity contribution < 1.29 is 24.2 Å². The molecule has 2 unspecified atom stereocenters. The topological polar surface area (TPSA) is 95.9 Å². The maximum Gasteiger partial charge on any atom is 0.324 e. The highest BCUT2D eigenvalue weighted by Gasteiger charge is 2.31. The van der Waals surface area contributed by atoms with Gasteiger partial charge in [-0.05, 0) is 61.4 Å². The number of ether oxygens (including phenoxy) is 1. The third kappa shape index (κ3) is 8.76. The SMILES string of the molecule is COc1ccc(CCCC(CC(=O)O)C(=O)N(CCc2ccccc2)C(=O)NC(C)c2ccccc2)cc1. The van der Waals surface area contributed by atoms with E-state index in [1.54, 1.807) is 7.11 Å². The molecule has 0 saturated carbocycles. The minimum absolute atomic E-state index is 0.158. The largest absolute Gasteiger partial charge is 0.497 e. The third-order valence-corrected chi connectivity index (χ3v) is 6.56. The van der Waals surface area contributed by atoms with E-state index in [2.05, 4.69) is 5.32 Å². The predicted molar refractivity (Wildman–Crippen MR) is 147 cm³/mol. The van der Waals surface area contributed by atoms with Crippen molar-refractivity contribution >= 4 is 17.9 Å². The van der Waals surface area contributed by atoms with Crippen LogP contribution in [0.3, 0.4) is 0 Å². The van der Waals surface area contributed by atoms with Crippen LogP contribution in [-0.4, -0.2) is 41.6 Å². The molecule has 0 spiro atoms. The Bertz CT molecular complexity index is 1170. The number of aliphatic carboxylic acids is 1. The van der Waals surface area contributed by atoms with Crippen molar-refractivity contribution in [2.24, 2.45) is 5.92 Å². The van der Waals surface area contributed by atoms with E-state index in [1.165, 1.54) is 4.90 Å². The van der Waals surface area contributed by atoms with Gasteiger partial charge in [-0.2, -0.15) is 0 Å². The van der Waals surface area contributed by atoms with Gasteiger partial charge in [-0.25, -0.2) is 4.79 Å². The molecule has 3 amide bonds. The van der Waals surface area contributed by atoms with Gasteiger partial charge in [0.1, 0.15) is 5.75 Å². The molecule has 0 fully saturated rings. The summed E-state index contributed by atoms with van der Waals surface area (Å²) in [4.78, 5) is 39.9. The standard InChI is InChI=1S/C31H36N2O5/c1-23(26-13-7-4-8-14-26)32-31(37)33(21-20-24-10-5-3-6-11-24)30(36)27(22-29(34)35)15-9-12-25-16-18-28(38-2)19-17-25/h3-8,10-11,13-14,16-19,23,27H,9,12,15,20-22H2,1-2H3,(H,32,37)(H,34,35). The highest BCUT2D eigenvalue weighted by molar-refractivity contribution is 5.96. The lowest BCUT2D eigenvalue weighted by Crippen LogP contribution is -2.48. The minimum atomic E-state index is -1.06. The number of amides is 3. The van der Waals surface area contributed by atoms with Crippen LogP contribution >= 0.6 is 0 Å². The molecule has 0 bridgehead atoms. The highest BCUT2D eigenvalue weighted by atomic mass is 16.5. The van der Waals surface area contributed by atoms with E-state index in [0.29, 0.717) is 25.7 Å². The number of nitrogens with zero attached hydrogens (tertiary/aromatic N) is 1. The lowest BCUT2D eigenvalue weighted by atomic mass is 9.95. The fraction of sp³-hybridized carbons (Fsp3) is 0.323. The number of carbonyl (C=O) groups is 3. The Kier molecular flexibility index (Phi) is 10.9. The fourth-order valence-electron chi connectivity index (χ4n) is 4.37. The summed E-state index contributed by atoms with van der Waals surface area (Å²) in [6.45, 7) is 2.02. The molecule has 2 atom stereocenters. The second kappa shape index (κ2) is 14.6. The van der Waals surface area contributed by atoms with Crippen LogP contribution in [0.1, 0.15) is 48.9 Å². The first-order chi connectivity index (χ1) is 18.4. The van der Waals surface area contributed by atoms with Crippen molar-refractivity contribution in [1.29, 1.82) is 0 Å². The van der Waals surface area contributed by atoms with Gasteiger partial charge >= 0.3 is 12.0 Å². The van der Waals surface area contributed by atoms with Crippen molar-refractivity contribution in [1.82, 2.24) is 10.2 Å². The van der Waals surface area contributed by atoms with E-state index < -0.39 is 23.8 Å². The molecule has 7 heteroatoms. The first kappa shape index (κ1) is 28.4. The van der Waals surface area contributed by atoms with E-state index in [0.717, 1.165) is 22.4 Å². The Morgan fingerprint density at radius 3 is 2.08 bits per heavy atom. The van der Waals surface area contributed by atoms with Crippen molar-refractivity contribution in [2.75, 3.05) is 13.7 Å². The first-order valence-electron chi connectivity index (χ1n) is 12.9. The number of carbonyl (C=O) groups excluding carboxylic acids is 2. The zero-order chi connectivity index (χ0) is 27.3. The average Bonchev–Trinajstić information content (AvgIpc) is 2.93. The molecule has 0 radical (unpaired) electrons. The van der Waals surface area contributed by atoms with E-state index in [-0.39, 0.29) is 19.0 Å². The minimum Gasteiger partial charge on any atom is -0.497 e. The van der Waals surface area contributed by atoms with Gasteiger partial charge in [0.05, 0.1) is 19.6 Å². The summed E-state index contributed by atoms with van der Waals surface area (Å²) in [6.07, 6.45) is 1.82. The summed E-state index contributed by atoms with van der Waals surface area (Å²) in [7, 11) is 1.61. The van der Waals surface area contributed by atoms with Crippen LogP contribution in [0.5, 0.6) is 5.75 Å². The van der Waals surface area contributed by atoms with Gasteiger partial charge in [0.25, 0.3) is 0 Å². The zero-order valence-corrected chi connectivity index (χ0v) is 22.0. The molecule has 38 heavy (non-hydrogen) atoms. The van der Waals surface area contributed by atoms with Gasteiger partial charge < -0.3 is 15.2 Å². The maximum atomic E-state index is 13.7. The molecule has 2 N–H and O–H groups in total. The van der Waals surface area contributed by atoms with Crippen LogP contribution in [0.25, 0.3) is 0 Å². The van der Waals surface area contributed by atoms with Crippen LogP contribution in [0, 0.1) is 5.92 Å². The Hall–Kier alpha value is -4.13. The number of carboxylic acids is 1. The van der Waals surface area contributed by atoms with Crippen LogP contribution in [-0.2, 0) is 22.4 Å². The quantitative estimate of drug-likeness (QED) is 0.306. The number of imide groups is 1. The van der Waals surface area contributed by atoms with Crippen molar-refractivity contribution in [2.45, 2.75) is 45.1 Å². The van der Waals surface area contributed by atoms with Crippen LogP contribution in [0.4, 0.5) is 4.79 Å². The number of methoxy groups -OCH3 is 1. The van der Waals surface area contributed by atoms with Gasteiger partial charge in [0.2, 0.25) is 5.91 Å². The molecule has 0 aliphatic rings. The first-order valence-corrected chi connectivity index (χ1v) is 12.9. The van der Waals surface area contributed by atoms with Gasteiger partial charge in [-0.15, -0.1) is 0 Å². The van der Waals surface area contributed by atoms with E-state index in [9.17, 15) is 19.5 Å². The van der Waals surface area contributed by atoms with Crippen molar-refractivity contribution in [3.05, 3.63) is 102 Å². The molecule has 200 valence electrons. The molecule has 7 nitrogen and oxygen atoms in total. The number of aryl methyl sites for hydroxylation is 1. The summed E-state index contributed by atoms with van der Waals surface area (Å²) in [6, 6.07) is 25.9. The van der Waals surface area contributed by atoms with Gasteiger partial charge in [0, 0.05) is 12.5 Å². The van der Waals surface area contributed by atoms with E-state index in [1.807, 2.05) is 91.9 Å². The second-order valence-electron chi connectivity index (χ2n) is 9.34. The molecular weight excluding hydrogens is 480 g/mol. The Labute approximate surface area is 224 Å². The molecule has 0 aliphatic heterocycles. The number of carboxylic acid groups (broad SMARTS) is 1. The third-order valence-electron chi connectivity index (χ3n) is 6.56. The van der Waals surface area contributed by atoms with Gasteiger partial charge in [-0.3, -0.25) is 14.5 Å². The van der Waals surface area contributed by atoms with Crippen LogP contribution in [0.15, 0.2) is 84.9 Å². The summed E-state index contributed by atoms with van der Waals surface area (Å²) < 4.78 is 5.19.